The summed E-state index contributed by atoms with van der Waals surface area (Å²) < 4.78 is 5.51. The topological polar surface area (TPSA) is 118 Å². The van der Waals surface area contributed by atoms with Crippen LogP contribution in [0.25, 0.3) is 0 Å². The van der Waals surface area contributed by atoms with Gasteiger partial charge in [-0.2, -0.15) is 5.26 Å². The Labute approximate surface area is 265 Å². The van der Waals surface area contributed by atoms with Crippen molar-refractivity contribution in [1.82, 2.24) is 25.3 Å². The molecule has 0 bridgehead atoms. The number of benzene rings is 1. The highest BCUT2D eigenvalue weighted by Crippen LogP contribution is 2.26. The molecule has 3 fully saturated rings. The monoisotopic (exact) mass is 622 g/mol. The van der Waals surface area contributed by atoms with Gasteiger partial charge in [-0.05, 0) is 82.7 Å². The highest BCUT2D eigenvalue weighted by atomic mass is 35.5. The molecule has 2 aromatic rings. The van der Waals surface area contributed by atoms with E-state index in [0.29, 0.717) is 35.3 Å². The number of hydrogen-bond donors (Lipinski definition) is 1. The molecule has 1 N–H and O–H groups in total. The molecule has 5 rings (SSSR count). The zero-order valence-electron chi connectivity index (χ0n) is 26.0. The molecular formula is C32H43ClN8O3. The number of hydrogen-bond acceptors (Lipinski definition) is 9. The molecule has 2 amide bonds. The molecule has 44 heavy (non-hydrogen) atoms. The number of rotatable bonds is 6. The number of anilines is 2. The lowest BCUT2D eigenvalue weighted by Crippen LogP contribution is -2.51. The van der Waals surface area contributed by atoms with Gasteiger partial charge in [0, 0.05) is 70.6 Å². The van der Waals surface area contributed by atoms with E-state index in [1.54, 1.807) is 12.1 Å². The van der Waals surface area contributed by atoms with Gasteiger partial charge in [0.1, 0.15) is 11.7 Å². The summed E-state index contributed by atoms with van der Waals surface area (Å²) in [6.07, 6.45) is 3.54. The third-order valence-corrected chi connectivity index (χ3v) is 8.94. The van der Waals surface area contributed by atoms with Crippen molar-refractivity contribution in [2.45, 2.75) is 58.1 Å². The van der Waals surface area contributed by atoms with Gasteiger partial charge in [0.15, 0.2) is 11.5 Å². The van der Waals surface area contributed by atoms with Crippen molar-refractivity contribution in [1.29, 1.82) is 5.26 Å². The first-order chi connectivity index (χ1) is 21.1. The van der Waals surface area contributed by atoms with Gasteiger partial charge in [-0.25, -0.2) is 4.79 Å². The van der Waals surface area contributed by atoms with E-state index in [2.05, 4.69) is 36.3 Å². The molecule has 236 valence electrons. The molecule has 0 saturated carbocycles. The van der Waals surface area contributed by atoms with Crippen molar-refractivity contribution >= 4 is 35.1 Å². The maximum atomic E-state index is 12.9. The van der Waals surface area contributed by atoms with Crippen LogP contribution in [0.2, 0.25) is 5.02 Å². The minimum absolute atomic E-state index is 0.0633. The number of nitrogens with zero attached hydrogens (tertiary/aromatic N) is 7. The molecule has 0 aliphatic carbocycles. The normalized spacial score (nSPS) is 19.0. The van der Waals surface area contributed by atoms with E-state index in [0.717, 1.165) is 83.0 Å². The van der Waals surface area contributed by atoms with Crippen molar-refractivity contribution in [3.63, 3.8) is 0 Å². The maximum absolute atomic E-state index is 12.9. The van der Waals surface area contributed by atoms with Crippen molar-refractivity contribution in [3.05, 3.63) is 46.6 Å². The van der Waals surface area contributed by atoms with Crippen LogP contribution in [-0.2, 0) is 4.74 Å². The van der Waals surface area contributed by atoms with Gasteiger partial charge >= 0.3 is 6.09 Å². The van der Waals surface area contributed by atoms with Crippen LogP contribution in [0.1, 0.15) is 62.5 Å². The molecule has 0 atom stereocenters. The molecule has 3 saturated heterocycles. The molecule has 0 radical (unpaired) electrons. The Kier molecular flexibility index (Phi) is 10.1. The van der Waals surface area contributed by atoms with E-state index in [9.17, 15) is 9.59 Å². The average molecular weight is 623 g/mol. The van der Waals surface area contributed by atoms with Gasteiger partial charge in [-0.3, -0.25) is 9.69 Å². The SMILES string of the molecule is CC(C)(C)OC(=O)N1CCN(CC2CCN(c3ccc(C(=O)NC4CCN(c5ccc(C#N)c(Cl)c5)CC4)nn3)CC2)CC1. The van der Waals surface area contributed by atoms with Crippen molar-refractivity contribution in [2.75, 3.05) is 68.7 Å². The zero-order chi connectivity index (χ0) is 31.3. The highest BCUT2D eigenvalue weighted by Gasteiger charge is 2.29. The first kappa shape index (κ1) is 31.8. The van der Waals surface area contributed by atoms with Crippen LogP contribution >= 0.6 is 11.6 Å². The number of aromatic nitrogens is 2. The largest absolute Gasteiger partial charge is 0.444 e. The minimum atomic E-state index is -0.469. The third kappa shape index (κ3) is 8.30. The Bertz CT molecular complexity index is 1330. The molecule has 12 heteroatoms. The summed E-state index contributed by atoms with van der Waals surface area (Å²) in [6.45, 7) is 13.3. The van der Waals surface area contributed by atoms with Crippen LogP contribution in [0.5, 0.6) is 0 Å². The highest BCUT2D eigenvalue weighted by molar-refractivity contribution is 6.32. The molecule has 11 nitrogen and oxygen atoms in total. The maximum Gasteiger partial charge on any atom is 0.410 e. The Morgan fingerprint density at radius 1 is 0.955 bits per heavy atom. The van der Waals surface area contributed by atoms with E-state index < -0.39 is 5.60 Å². The standard InChI is InChI=1S/C32H43ClN8O3/c1-32(2,3)44-31(43)41-18-16-38(17-19-41)22-23-8-12-40(13-9-23)29-7-6-28(36-37-29)30(42)35-25-10-14-39(15-11-25)26-5-4-24(21-34)27(33)20-26/h4-7,20,23,25H,8-19,22H2,1-3H3,(H,35,42). The van der Waals surface area contributed by atoms with E-state index >= 15 is 0 Å². The van der Waals surface area contributed by atoms with Crippen LogP contribution in [0.4, 0.5) is 16.3 Å². The molecular weight excluding hydrogens is 580 g/mol. The third-order valence-electron chi connectivity index (χ3n) is 8.63. The quantitative estimate of drug-likeness (QED) is 0.506. The second-order valence-corrected chi connectivity index (χ2v) is 13.4. The van der Waals surface area contributed by atoms with Crippen LogP contribution in [-0.4, -0.2) is 103 Å². The van der Waals surface area contributed by atoms with Gasteiger partial charge in [0.05, 0.1) is 10.6 Å². The molecule has 0 unspecified atom stereocenters. The molecule has 1 aromatic heterocycles. The number of halogens is 1. The van der Waals surface area contributed by atoms with Gasteiger partial charge in [-0.15, -0.1) is 10.2 Å². The molecule has 4 heterocycles. The fourth-order valence-electron chi connectivity index (χ4n) is 6.10. The number of nitriles is 1. The first-order valence-corrected chi connectivity index (χ1v) is 16.0. The van der Waals surface area contributed by atoms with Gasteiger partial charge in [-0.1, -0.05) is 11.6 Å². The molecule has 0 spiro atoms. The predicted octanol–water partition coefficient (Wildman–Crippen LogP) is 4.17. The number of ether oxygens (including phenoxy) is 1. The summed E-state index contributed by atoms with van der Waals surface area (Å²) in [4.78, 5) is 34.0. The zero-order valence-corrected chi connectivity index (χ0v) is 26.7. The summed E-state index contributed by atoms with van der Waals surface area (Å²) >= 11 is 6.21. The van der Waals surface area contributed by atoms with E-state index in [4.69, 9.17) is 21.6 Å². The molecule has 3 aliphatic heterocycles. The lowest BCUT2D eigenvalue weighted by molar-refractivity contribution is 0.0130. The first-order valence-electron chi connectivity index (χ1n) is 15.6. The minimum Gasteiger partial charge on any atom is -0.444 e. The van der Waals surface area contributed by atoms with Crippen LogP contribution in [0, 0.1) is 17.2 Å². The van der Waals surface area contributed by atoms with Crippen LogP contribution in [0.15, 0.2) is 30.3 Å². The Morgan fingerprint density at radius 2 is 1.64 bits per heavy atom. The summed E-state index contributed by atoms with van der Waals surface area (Å²) in [5.74, 6) is 1.22. The number of piperazine rings is 1. The smallest absolute Gasteiger partial charge is 0.410 e. The number of carbonyl (C=O) groups is 2. The van der Waals surface area contributed by atoms with Gasteiger partial charge in [0.25, 0.3) is 5.91 Å². The number of nitrogens with one attached hydrogen (secondary N) is 1. The summed E-state index contributed by atoms with van der Waals surface area (Å²) in [5.41, 5.74) is 1.32. The van der Waals surface area contributed by atoms with Crippen molar-refractivity contribution in [2.24, 2.45) is 5.92 Å². The lowest BCUT2D eigenvalue weighted by Gasteiger charge is -2.39. The van der Waals surface area contributed by atoms with Crippen LogP contribution in [0.3, 0.4) is 0 Å². The molecule has 1 aromatic carbocycles. The fraction of sp³-hybridized carbons (Fsp3) is 0.594. The Hall–Kier alpha value is -3.62. The fourth-order valence-corrected chi connectivity index (χ4v) is 6.31. The number of piperidine rings is 2. The van der Waals surface area contributed by atoms with Gasteiger partial charge < -0.3 is 24.8 Å². The van der Waals surface area contributed by atoms with Crippen LogP contribution < -0.4 is 15.1 Å². The van der Waals surface area contributed by atoms with Gasteiger partial charge in [0.2, 0.25) is 0 Å². The van der Waals surface area contributed by atoms with Crippen molar-refractivity contribution in [3.8, 4) is 6.07 Å². The molecule has 3 aliphatic rings. The Balaban J connectivity index is 1.02. The van der Waals surface area contributed by atoms with Crippen molar-refractivity contribution < 1.29 is 14.3 Å². The summed E-state index contributed by atoms with van der Waals surface area (Å²) in [5, 5.41) is 21.3. The second kappa shape index (κ2) is 14.0. The Morgan fingerprint density at radius 3 is 2.23 bits per heavy atom. The predicted molar refractivity (Wildman–Crippen MR) is 170 cm³/mol. The van der Waals surface area contributed by atoms with E-state index in [-0.39, 0.29) is 18.0 Å². The summed E-state index contributed by atoms with van der Waals surface area (Å²) in [7, 11) is 0. The average Bonchev–Trinajstić information content (AvgIpc) is 3.01. The lowest BCUT2D eigenvalue weighted by atomic mass is 9.96. The van der Waals surface area contributed by atoms with E-state index in [1.807, 2.05) is 43.9 Å². The van der Waals surface area contributed by atoms with E-state index in [1.165, 1.54) is 0 Å². The second-order valence-electron chi connectivity index (χ2n) is 13.0. The summed E-state index contributed by atoms with van der Waals surface area (Å²) in [6, 6.07) is 11.3. The number of carbonyl (C=O) groups excluding carboxylic acids is 2. The number of amides is 2.